The van der Waals surface area contributed by atoms with Crippen LogP contribution in [0.5, 0.6) is 5.75 Å². The molecule has 0 unspecified atom stereocenters. The van der Waals surface area contributed by atoms with Crippen molar-refractivity contribution < 1.29 is 22.8 Å². The highest BCUT2D eigenvalue weighted by Gasteiger charge is 2.24. The van der Waals surface area contributed by atoms with Crippen molar-refractivity contribution in [2.75, 3.05) is 38.8 Å². The second kappa shape index (κ2) is 9.66. The minimum atomic E-state index is -2.45. The highest BCUT2D eigenvalue weighted by atomic mass is 32.2. The van der Waals surface area contributed by atoms with E-state index in [2.05, 4.69) is 19.2 Å². The van der Waals surface area contributed by atoms with E-state index in [0.717, 1.165) is 13.0 Å². The minimum Gasteiger partial charge on any atom is -0.489 e. The van der Waals surface area contributed by atoms with Gasteiger partial charge in [0.05, 0.1) is 28.9 Å². The molecule has 0 saturated carbocycles. The number of aliphatic hydroxyl groups excluding tert-OH is 1. The van der Waals surface area contributed by atoms with E-state index in [4.69, 9.17) is 9.84 Å². The number of rotatable bonds is 7. The normalized spacial score (nSPS) is 16.9. The lowest BCUT2D eigenvalue weighted by Crippen LogP contribution is -2.27. The number of hydrogen-bond acceptors (Lipinski definition) is 7. The third-order valence-electron chi connectivity index (χ3n) is 5.40. The van der Waals surface area contributed by atoms with Gasteiger partial charge in [0.2, 0.25) is 0 Å². The van der Waals surface area contributed by atoms with Crippen LogP contribution >= 0.6 is 0 Å². The molecule has 0 radical (unpaired) electrons. The first-order valence-electron chi connectivity index (χ1n) is 10.6. The molecule has 1 atom stereocenters. The predicted octanol–water partition coefficient (Wildman–Crippen LogP) is 3.30. The molecule has 10 heteroatoms. The van der Waals surface area contributed by atoms with E-state index >= 15 is 4.39 Å². The Kier molecular flexibility index (Phi) is 6.87. The highest BCUT2D eigenvalue weighted by Crippen LogP contribution is 2.30. The smallest absolute Gasteiger partial charge is 0.136 e. The van der Waals surface area contributed by atoms with Gasteiger partial charge in [0.25, 0.3) is 0 Å². The summed E-state index contributed by atoms with van der Waals surface area (Å²) in [5, 5.41) is 9.37. The number of halogens is 2. The van der Waals surface area contributed by atoms with E-state index in [1.54, 1.807) is 12.1 Å². The second-order valence-corrected chi connectivity index (χ2v) is 10.9. The van der Waals surface area contributed by atoms with Gasteiger partial charge in [-0.3, -0.25) is 4.90 Å². The Hall–Kier alpha value is -2.69. The summed E-state index contributed by atoms with van der Waals surface area (Å²) in [6, 6.07) is 7.08. The first kappa shape index (κ1) is 23.5. The van der Waals surface area contributed by atoms with Crippen molar-refractivity contribution in [3.8, 4) is 5.75 Å². The van der Waals surface area contributed by atoms with E-state index in [0.29, 0.717) is 35.6 Å². The van der Waals surface area contributed by atoms with Crippen LogP contribution in [-0.2, 0) is 16.1 Å². The fourth-order valence-corrected chi connectivity index (χ4v) is 4.63. The van der Waals surface area contributed by atoms with Gasteiger partial charge < -0.3 is 9.84 Å². The zero-order chi connectivity index (χ0) is 23.6. The lowest BCUT2D eigenvalue weighted by Gasteiger charge is -2.18. The van der Waals surface area contributed by atoms with E-state index in [1.165, 1.54) is 37.0 Å². The molecule has 176 valence electrons. The highest BCUT2D eigenvalue weighted by molar-refractivity contribution is 7.92. The van der Waals surface area contributed by atoms with E-state index in [9.17, 15) is 8.60 Å². The SMILES string of the molecule is CS(C)(=O)=Nc1cc(F)c2c(Cc3ccc(F)cc3O[C@@H]3CCN(CCO)C3)ncnc2c1. The van der Waals surface area contributed by atoms with Crippen molar-refractivity contribution >= 4 is 26.3 Å². The zero-order valence-corrected chi connectivity index (χ0v) is 19.3. The number of β-amino-alcohol motifs (C(OH)–C–C–N with tert-alkyl or cyclic N) is 1. The summed E-state index contributed by atoms with van der Waals surface area (Å²) >= 11 is 0. The van der Waals surface area contributed by atoms with Crippen LogP contribution in [-0.4, -0.2) is 69.0 Å². The zero-order valence-electron chi connectivity index (χ0n) is 18.5. The summed E-state index contributed by atoms with van der Waals surface area (Å²) < 4.78 is 51.2. The number of benzene rings is 2. The Morgan fingerprint density at radius 3 is 2.82 bits per heavy atom. The first-order valence-corrected chi connectivity index (χ1v) is 12.9. The Balaban J connectivity index is 1.65. The molecule has 1 aliphatic rings. The van der Waals surface area contributed by atoms with Crippen LogP contribution in [0.25, 0.3) is 10.9 Å². The molecule has 7 nitrogen and oxygen atoms in total. The van der Waals surface area contributed by atoms with Crippen molar-refractivity contribution in [3.05, 3.63) is 59.6 Å². The van der Waals surface area contributed by atoms with Crippen LogP contribution in [0.3, 0.4) is 0 Å². The van der Waals surface area contributed by atoms with Gasteiger partial charge >= 0.3 is 0 Å². The van der Waals surface area contributed by atoms with Crippen LogP contribution in [0, 0.1) is 11.6 Å². The molecule has 0 amide bonds. The van der Waals surface area contributed by atoms with Crippen molar-refractivity contribution in [2.24, 2.45) is 4.36 Å². The van der Waals surface area contributed by atoms with Crippen molar-refractivity contribution in [2.45, 2.75) is 18.9 Å². The summed E-state index contributed by atoms with van der Waals surface area (Å²) in [4.78, 5) is 10.5. The van der Waals surface area contributed by atoms with Crippen LogP contribution in [0.15, 0.2) is 41.0 Å². The molecule has 0 bridgehead atoms. The first-order chi connectivity index (χ1) is 15.7. The van der Waals surface area contributed by atoms with Crippen LogP contribution in [0.1, 0.15) is 17.7 Å². The van der Waals surface area contributed by atoms with Gasteiger partial charge in [-0.1, -0.05) is 6.07 Å². The van der Waals surface area contributed by atoms with Gasteiger partial charge in [-0.2, -0.15) is 4.36 Å². The number of ether oxygens (including phenoxy) is 1. The lowest BCUT2D eigenvalue weighted by atomic mass is 10.0. The maximum atomic E-state index is 15.0. The van der Waals surface area contributed by atoms with Gasteiger partial charge in [0.15, 0.2) is 0 Å². The number of nitrogens with zero attached hydrogens (tertiary/aromatic N) is 4. The average molecular weight is 477 g/mol. The quantitative estimate of drug-likeness (QED) is 0.563. The summed E-state index contributed by atoms with van der Waals surface area (Å²) in [6.45, 7) is 2.09. The van der Waals surface area contributed by atoms with E-state index < -0.39 is 21.4 Å². The molecule has 4 rings (SSSR count). The maximum Gasteiger partial charge on any atom is 0.136 e. The summed E-state index contributed by atoms with van der Waals surface area (Å²) in [5.74, 6) is -0.599. The molecule has 2 aromatic carbocycles. The predicted molar refractivity (Wildman–Crippen MR) is 123 cm³/mol. The molecule has 1 fully saturated rings. The van der Waals surface area contributed by atoms with Crippen LogP contribution in [0.4, 0.5) is 14.5 Å². The lowest BCUT2D eigenvalue weighted by molar-refractivity contribution is 0.179. The number of likely N-dealkylation sites (tertiary alicyclic amines) is 1. The largest absolute Gasteiger partial charge is 0.489 e. The number of fused-ring (bicyclic) bond motifs is 1. The minimum absolute atomic E-state index is 0.0763. The van der Waals surface area contributed by atoms with Crippen molar-refractivity contribution in [3.63, 3.8) is 0 Å². The van der Waals surface area contributed by atoms with Gasteiger partial charge in [-0.25, -0.2) is 23.0 Å². The topological polar surface area (TPSA) is 87.9 Å². The Morgan fingerprint density at radius 1 is 1.24 bits per heavy atom. The molecule has 33 heavy (non-hydrogen) atoms. The number of aliphatic hydroxyl groups is 1. The van der Waals surface area contributed by atoms with Crippen LogP contribution in [0.2, 0.25) is 0 Å². The van der Waals surface area contributed by atoms with Gasteiger partial charge in [0, 0.05) is 66.0 Å². The molecule has 1 aliphatic heterocycles. The monoisotopic (exact) mass is 476 g/mol. The number of aromatic nitrogens is 2. The third-order valence-corrected chi connectivity index (χ3v) is 6.06. The Bertz CT molecular complexity index is 1290. The van der Waals surface area contributed by atoms with E-state index in [1.807, 2.05) is 0 Å². The molecule has 1 aromatic heterocycles. The Labute approximate surface area is 191 Å². The molecule has 0 spiro atoms. The molecule has 3 aromatic rings. The van der Waals surface area contributed by atoms with Crippen molar-refractivity contribution in [1.82, 2.24) is 14.9 Å². The Morgan fingerprint density at radius 2 is 2.06 bits per heavy atom. The third kappa shape index (κ3) is 5.82. The average Bonchev–Trinajstić information content (AvgIpc) is 3.16. The molecular formula is C23H26F2N4O3S. The molecule has 2 heterocycles. The van der Waals surface area contributed by atoms with Crippen molar-refractivity contribution in [1.29, 1.82) is 0 Å². The molecule has 0 aliphatic carbocycles. The maximum absolute atomic E-state index is 15.0. The summed E-state index contributed by atoms with van der Waals surface area (Å²) in [6.07, 6.45) is 5.15. The van der Waals surface area contributed by atoms with E-state index in [-0.39, 0.29) is 30.2 Å². The second-order valence-electron chi connectivity index (χ2n) is 8.40. The molecular weight excluding hydrogens is 450 g/mol. The van der Waals surface area contributed by atoms with Crippen LogP contribution < -0.4 is 4.74 Å². The molecule has 1 saturated heterocycles. The standard InChI is InChI=1S/C23H26F2N4O3S/c1-33(2,31)28-17-11-19(25)23-20(26-14-27-21(23)12-17)9-15-3-4-16(24)10-22(15)32-18-5-6-29(13-18)7-8-30/h3-4,10-12,14,18,30H,5-9,13H2,1-2H3/t18-/m1/s1. The van der Waals surface area contributed by atoms with Gasteiger partial charge in [-0.15, -0.1) is 0 Å². The summed E-state index contributed by atoms with van der Waals surface area (Å²) in [7, 11) is -2.45. The number of hydrogen-bond donors (Lipinski definition) is 1. The van der Waals surface area contributed by atoms with Gasteiger partial charge in [-0.05, 0) is 18.6 Å². The molecule has 1 N–H and O–H groups in total. The fourth-order valence-electron chi connectivity index (χ4n) is 4.01. The fraction of sp³-hybridized carbons (Fsp3) is 0.391. The summed E-state index contributed by atoms with van der Waals surface area (Å²) in [5.41, 5.74) is 1.71. The van der Waals surface area contributed by atoms with Gasteiger partial charge in [0.1, 0.15) is 29.8 Å².